The van der Waals surface area contributed by atoms with Crippen molar-refractivity contribution in [1.82, 2.24) is 5.32 Å². The molecule has 124 valence electrons. The number of nitrogens with one attached hydrogen (secondary N) is 1. The molecule has 3 N–H and O–H groups in total. The van der Waals surface area contributed by atoms with Crippen molar-refractivity contribution in [2.24, 2.45) is 5.92 Å². The number of benzene rings is 2. The van der Waals surface area contributed by atoms with Crippen LogP contribution < -0.4 is 11.1 Å². The van der Waals surface area contributed by atoms with Crippen LogP contribution in [0.1, 0.15) is 46.9 Å². The van der Waals surface area contributed by atoms with E-state index in [0.717, 1.165) is 11.1 Å². The van der Waals surface area contributed by atoms with Crippen LogP contribution in [0.25, 0.3) is 0 Å². The van der Waals surface area contributed by atoms with Crippen LogP contribution in [-0.4, -0.2) is 5.91 Å². The summed E-state index contributed by atoms with van der Waals surface area (Å²) in [6.07, 6.45) is 0. The van der Waals surface area contributed by atoms with Gasteiger partial charge in [-0.15, -0.1) is 12.4 Å². The summed E-state index contributed by atoms with van der Waals surface area (Å²) in [7, 11) is 0. The Balaban J connectivity index is 0.00000264. The fraction of sp³-hybridized carbons (Fsp3) is 0.316. The third kappa shape index (κ3) is 4.49. The van der Waals surface area contributed by atoms with Gasteiger partial charge in [0.05, 0.1) is 6.04 Å². The second kappa shape index (κ2) is 8.02. The van der Waals surface area contributed by atoms with Crippen molar-refractivity contribution in [2.75, 3.05) is 5.73 Å². The minimum Gasteiger partial charge on any atom is -0.399 e. The molecule has 3 nitrogen and oxygen atoms in total. The van der Waals surface area contributed by atoms with Crippen LogP contribution in [0, 0.1) is 19.8 Å². The molecule has 0 saturated heterocycles. The monoisotopic (exact) mass is 332 g/mol. The highest BCUT2D eigenvalue weighted by molar-refractivity contribution is 5.96. The Hall–Kier alpha value is -2.00. The standard InChI is InChI=1S/C19H24N2O.ClH/c1-12(2)18(16-8-6-5-7-13(16)3)21-19(22)17-11-15(20)10-9-14(17)4;/h5-12,18H,20H2,1-4H3,(H,21,22);1H. The predicted molar refractivity (Wildman–Crippen MR) is 99.1 cm³/mol. The number of anilines is 1. The molecule has 1 atom stereocenters. The Kier molecular flexibility index (Phi) is 6.64. The first kappa shape index (κ1) is 19.0. The van der Waals surface area contributed by atoms with Gasteiger partial charge in [-0.25, -0.2) is 0 Å². The van der Waals surface area contributed by atoms with Crippen molar-refractivity contribution in [1.29, 1.82) is 0 Å². The summed E-state index contributed by atoms with van der Waals surface area (Å²) in [4.78, 5) is 12.7. The summed E-state index contributed by atoms with van der Waals surface area (Å²) in [6.45, 7) is 8.22. The molecule has 23 heavy (non-hydrogen) atoms. The Labute approximate surface area is 144 Å². The van der Waals surface area contributed by atoms with Gasteiger partial charge in [0, 0.05) is 11.3 Å². The first-order valence-corrected chi connectivity index (χ1v) is 7.62. The molecule has 2 aromatic carbocycles. The molecule has 0 aliphatic heterocycles. The molecule has 0 aliphatic carbocycles. The molecule has 0 bridgehead atoms. The van der Waals surface area contributed by atoms with E-state index in [2.05, 4.69) is 38.2 Å². The summed E-state index contributed by atoms with van der Waals surface area (Å²) >= 11 is 0. The molecule has 1 amide bonds. The molecule has 0 aromatic heterocycles. The molecule has 2 rings (SSSR count). The average molecular weight is 333 g/mol. The van der Waals surface area contributed by atoms with Crippen molar-refractivity contribution >= 4 is 24.0 Å². The van der Waals surface area contributed by atoms with Gasteiger partial charge < -0.3 is 11.1 Å². The third-order valence-electron chi connectivity index (χ3n) is 3.98. The number of halogens is 1. The fourth-order valence-electron chi connectivity index (χ4n) is 2.64. The van der Waals surface area contributed by atoms with Crippen LogP contribution in [0.2, 0.25) is 0 Å². The lowest BCUT2D eigenvalue weighted by Gasteiger charge is -2.25. The van der Waals surface area contributed by atoms with Crippen molar-refractivity contribution < 1.29 is 4.79 Å². The third-order valence-corrected chi connectivity index (χ3v) is 3.98. The van der Waals surface area contributed by atoms with E-state index < -0.39 is 0 Å². The van der Waals surface area contributed by atoms with Crippen LogP contribution >= 0.6 is 12.4 Å². The molecule has 0 heterocycles. The summed E-state index contributed by atoms with van der Waals surface area (Å²) < 4.78 is 0. The Morgan fingerprint density at radius 2 is 1.70 bits per heavy atom. The van der Waals surface area contributed by atoms with E-state index >= 15 is 0 Å². The van der Waals surface area contributed by atoms with E-state index in [1.54, 1.807) is 6.07 Å². The number of amides is 1. The lowest BCUT2D eigenvalue weighted by molar-refractivity contribution is 0.0925. The highest BCUT2D eigenvalue weighted by Gasteiger charge is 2.21. The number of hydrogen-bond donors (Lipinski definition) is 2. The minimum atomic E-state index is -0.0771. The van der Waals surface area contributed by atoms with Gasteiger partial charge in [-0.2, -0.15) is 0 Å². The maximum atomic E-state index is 12.7. The van der Waals surface area contributed by atoms with Crippen LogP contribution in [0.5, 0.6) is 0 Å². The molecular formula is C19H25ClN2O. The van der Waals surface area contributed by atoms with Crippen LogP contribution in [-0.2, 0) is 0 Å². The highest BCUT2D eigenvalue weighted by atomic mass is 35.5. The van der Waals surface area contributed by atoms with Crippen molar-refractivity contribution in [3.8, 4) is 0 Å². The fourth-order valence-corrected chi connectivity index (χ4v) is 2.64. The summed E-state index contributed by atoms with van der Waals surface area (Å²) in [5.41, 5.74) is 10.3. The van der Waals surface area contributed by atoms with Crippen molar-refractivity contribution in [2.45, 2.75) is 33.7 Å². The van der Waals surface area contributed by atoms with Crippen molar-refractivity contribution in [3.05, 3.63) is 64.7 Å². The summed E-state index contributed by atoms with van der Waals surface area (Å²) in [5, 5.41) is 3.16. The molecular weight excluding hydrogens is 308 g/mol. The number of rotatable bonds is 4. The number of nitrogens with two attached hydrogens (primary N) is 1. The van der Waals surface area contributed by atoms with Gasteiger partial charge in [-0.05, 0) is 48.6 Å². The quantitative estimate of drug-likeness (QED) is 0.813. The van der Waals surface area contributed by atoms with Gasteiger partial charge in [0.25, 0.3) is 5.91 Å². The lowest BCUT2D eigenvalue weighted by atomic mass is 9.92. The Morgan fingerprint density at radius 3 is 2.30 bits per heavy atom. The molecule has 1 unspecified atom stereocenters. The van der Waals surface area contributed by atoms with Crippen LogP contribution in [0.15, 0.2) is 42.5 Å². The van der Waals surface area contributed by atoms with E-state index in [4.69, 9.17) is 5.73 Å². The van der Waals surface area contributed by atoms with Gasteiger partial charge in [-0.3, -0.25) is 4.79 Å². The van der Waals surface area contributed by atoms with Gasteiger partial charge in [0.15, 0.2) is 0 Å². The van der Waals surface area contributed by atoms with Gasteiger partial charge in [0.2, 0.25) is 0 Å². The minimum absolute atomic E-state index is 0. The van der Waals surface area contributed by atoms with E-state index in [1.165, 1.54) is 5.56 Å². The molecule has 0 saturated carbocycles. The van der Waals surface area contributed by atoms with E-state index in [0.29, 0.717) is 17.2 Å². The van der Waals surface area contributed by atoms with E-state index in [9.17, 15) is 4.79 Å². The van der Waals surface area contributed by atoms with Crippen molar-refractivity contribution in [3.63, 3.8) is 0 Å². The number of nitrogen functional groups attached to an aromatic ring is 1. The second-order valence-electron chi connectivity index (χ2n) is 6.13. The SMILES string of the molecule is Cc1ccc(N)cc1C(=O)NC(c1ccccc1C)C(C)C.Cl. The zero-order chi connectivity index (χ0) is 16.3. The summed E-state index contributed by atoms with van der Waals surface area (Å²) in [6, 6.07) is 13.6. The number of carbonyl (C=O) groups is 1. The highest BCUT2D eigenvalue weighted by Crippen LogP contribution is 2.25. The maximum absolute atomic E-state index is 12.7. The zero-order valence-electron chi connectivity index (χ0n) is 14.1. The van der Waals surface area contributed by atoms with E-state index in [1.807, 2.05) is 31.2 Å². The molecule has 0 spiro atoms. The zero-order valence-corrected chi connectivity index (χ0v) is 14.9. The lowest BCUT2D eigenvalue weighted by Crippen LogP contribution is -2.32. The predicted octanol–water partition coefficient (Wildman–Crippen LogP) is 4.43. The van der Waals surface area contributed by atoms with E-state index in [-0.39, 0.29) is 24.4 Å². The Morgan fingerprint density at radius 1 is 1.04 bits per heavy atom. The first-order chi connectivity index (χ1) is 10.4. The van der Waals surface area contributed by atoms with Gasteiger partial charge >= 0.3 is 0 Å². The van der Waals surface area contributed by atoms with Crippen LogP contribution in [0.4, 0.5) is 5.69 Å². The molecule has 4 heteroatoms. The second-order valence-corrected chi connectivity index (χ2v) is 6.13. The normalized spacial score (nSPS) is 11.7. The number of hydrogen-bond acceptors (Lipinski definition) is 2. The molecule has 2 aromatic rings. The average Bonchev–Trinajstić information content (AvgIpc) is 2.47. The molecule has 0 aliphatic rings. The Bertz CT molecular complexity index is 683. The number of aryl methyl sites for hydroxylation is 2. The van der Waals surface area contributed by atoms with Gasteiger partial charge in [0.1, 0.15) is 0 Å². The topological polar surface area (TPSA) is 55.1 Å². The largest absolute Gasteiger partial charge is 0.399 e. The number of carbonyl (C=O) groups excluding carboxylic acids is 1. The van der Waals surface area contributed by atoms with Gasteiger partial charge in [-0.1, -0.05) is 44.2 Å². The molecule has 0 fully saturated rings. The summed E-state index contributed by atoms with van der Waals surface area (Å²) in [5.74, 6) is 0.221. The van der Waals surface area contributed by atoms with Crippen LogP contribution in [0.3, 0.4) is 0 Å². The molecule has 0 radical (unpaired) electrons. The smallest absolute Gasteiger partial charge is 0.252 e. The first-order valence-electron chi connectivity index (χ1n) is 7.62. The maximum Gasteiger partial charge on any atom is 0.252 e.